The van der Waals surface area contributed by atoms with E-state index in [1.807, 2.05) is 6.07 Å². The molecule has 0 spiro atoms. The molecule has 1 aliphatic heterocycles. The van der Waals surface area contributed by atoms with Crippen molar-refractivity contribution < 1.29 is 29.6 Å². The van der Waals surface area contributed by atoms with Crippen LogP contribution in [0.4, 0.5) is 0 Å². The zero-order chi connectivity index (χ0) is 18.1. The van der Waals surface area contributed by atoms with Crippen molar-refractivity contribution in [2.45, 2.75) is 39.2 Å². The number of carboxylic acid groups (broad SMARTS) is 2. The molecule has 1 aliphatic rings. The minimum absolute atomic E-state index is 0.228. The van der Waals surface area contributed by atoms with E-state index in [0.717, 1.165) is 37.6 Å². The Morgan fingerprint density at radius 3 is 2.54 bits per heavy atom. The maximum Gasteiger partial charge on any atom is 0.414 e. The van der Waals surface area contributed by atoms with E-state index < -0.39 is 11.9 Å². The van der Waals surface area contributed by atoms with Crippen molar-refractivity contribution in [1.82, 2.24) is 5.32 Å². The summed E-state index contributed by atoms with van der Waals surface area (Å²) in [6.45, 7) is 6.40. The first-order valence-corrected chi connectivity index (χ1v) is 7.95. The number of aryl methyl sites for hydroxylation is 1. The van der Waals surface area contributed by atoms with Crippen molar-refractivity contribution in [3.05, 3.63) is 23.8 Å². The molecule has 1 aromatic rings. The molecule has 0 saturated heterocycles. The van der Waals surface area contributed by atoms with Gasteiger partial charge in [-0.2, -0.15) is 0 Å². The number of ether oxygens (including phenoxy) is 1. The Bertz CT molecular complexity index is 546. The van der Waals surface area contributed by atoms with Crippen molar-refractivity contribution in [2.24, 2.45) is 5.92 Å². The molecule has 24 heavy (non-hydrogen) atoms. The Labute approximate surface area is 141 Å². The molecule has 134 valence electrons. The molecule has 1 heterocycles. The van der Waals surface area contributed by atoms with Crippen molar-refractivity contribution in [3.63, 3.8) is 0 Å². The Morgan fingerprint density at radius 2 is 1.96 bits per heavy atom. The van der Waals surface area contributed by atoms with Crippen molar-refractivity contribution in [2.75, 3.05) is 13.1 Å². The molecule has 1 unspecified atom stereocenters. The Balaban J connectivity index is 0.000000413. The number of carbonyl (C=O) groups is 2. The van der Waals surface area contributed by atoms with E-state index in [0.29, 0.717) is 0 Å². The van der Waals surface area contributed by atoms with Crippen LogP contribution in [0.3, 0.4) is 0 Å². The zero-order valence-electron chi connectivity index (χ0n) is 14.0. The third-order valence-electron chi connectivity index (χ3n) is 3.53. The second-order valence-corrected chi connectivity index (χ2v) is 6.07. The summed E-state index contributed by atoms with van der Waals surface area (Å²) in [4.78, 5) is 18.2. The molecule has 0 radical (unpaired) electrons. The molecule has 0 aromatic heterocycles. The third kappa shape index (κ3) is 7.32. The van der Waals surface area contributed by atoms with E-state index in [2.05, 4.69) is 19.2 Å². The molecule has 1 aromatic carbocycles. The number of fused-ring (bicyclic) bond motifs is 1. The number of rotatable bonds is 5. The normalized spacial score (nSPS) is 15.7. The summed E-state index contributed by atoms with van der Waals surface area (Å²) in [6.07, 6.45) is 3.51. The molecular weight excluding hydrogens is 314 g/mol. The number of phenolic OH excluding ortho intramolecular Hbond substituents is 1. The van der Waals surface area contributed by atoms with Crippen LogP contribution >= 0.6 is 0 Å². The lowest BCUT2D eigenvalue weighted by Crippen LogP contribution is -2.34. The number of nitrogens with one attached hydrogen (secondary N) is 1. The average Bonchev–Trinajstić information content (AvgIpc) is 2.51. The highest BCUT2D eigenvalue weighted by Crippen LogP contribution is 2.30. The van der Waals surface area contributed by atoms with Crippen molar-refractivity contribution >= 4 is 11.9 Å². The summed E-state index contributed by atoms with van der Waals surface area (Å²) in [7, 11) is 0. The minimum Gasteiger partial charge on any atom is -0.508 e. The lowest BCUT2D eigenvalue weighted by molar-refractivity contribution is -0.159. The van der Waals surface area contributed by atoms with Crippen LogP contribution in [0, 0.1) is 5.92 Å². The third-order valence-corrected chi connectivity index (χ3v) is 3.53. The summed E-state index contributed by atoms with van der Waals surface area (Å²) in [6, 6.07) is 5.39. The number of hydrogen-bond donors (Lipinski definition) is 4. The van der Waals surface area contributed by atoms with Crippen LogP contribution in [0.15, 0.2) is 18.2 Å². The van der Waals surface area contributed by atoms with Gasteiger partial charge in [0.15, 0.2) is 0 Å². The maximum atomic E-state index is 9.45. The minimum atomic E-state index is -1.82. The van der Waals surface area contributed by atoms with Gasteiger partial charge < -0.3 is 25.4 Å². The number of carboxylic acids is 2. The first-order valence-electron chi connectivity index (χ1n) is 7.95. The molecule has 0 amide bonds. The van der Waals surface area contributed by atoms with Gasteiger partial charge in [0.1, 0.15) is 17.6 Å². The van der Waals surface area contributed by atoms with Crippen LogP contribution in [0.25, 0.3) is 0 Å². The van der Waals surface area contributed by atoms with Crippen LogP contribution in [0.5, 0.6) is 11.5 Å². The largest absolute Gasteiger partial charge is 0.508 e. The quantitative estimate of drug-likeness (QED) is 0.478. The van der Waals surface area contributed by atoms with Crippen molar-refractivity contribution in [1.29, 1.82) is 0 Å². The smallest absolute Gasteiger partial charge is 0.414 e. The van der Waals surface area contributed by atoms with Crippen molar-refractivity contribution in [3.8, 4) is 11.5 Å². The van der Waals surface area contributed by atoms with E-state index in [1.165, 1.54) is 12.0 Å². The molecule has 0 fully saturated rings. The van der Waals surface area contributed by atoms with Gasteiger partial charge in [-0.1, -0.05) is 19.9 Å². The molecule has 0 aliphatic carbocycles. The zero-order valence-corrected chi connectivity index (χ0v) is 14.0. The summed E-state index contributed by atoms with van der Waals surface area (Å²) >= 11 is 0. The monoisotopic (exact) mass is 339 g/mol. The first-order chi connectivity index (χ1) is 11.3. The van der Waals surface area contributed by atoms with E-state index in [4.69, 9.17) is 24.5 Å². The van der Waals surface area contributed by atoms with E-state index >= 15 is 0 Å². The SMILES string of the molecule is CC(C)CCNCC1CCc2ccc(O)cc2O1.O=C(O)C(=O)O. The highest BCUT2D eigenvalue weighted by molar-refractivity contribution is 6.27. The summed E-state index contributed by atoms with van der Waals surface area (Å²) in [5.41, 5.74) is 1.20. The van der Waals surface area contributed by atoms with E-state index in [1.54, 1.807) is 12.1 Å². The van der Waals surface area contributed by atoms with Gasteiger partial charge in [0, 0.05) is 12.6 Å². The second kappa shape index (κ2) is 9.77. The molecule has 0 saturated carbocycles. The lowest BCUT2D eigenvalue weighted by Gasteiger charge is -2.26. The molecule has 2 rings (SSSR count). The summed E-state index contributed by atoms with van der Waals surface area (Å²) in [5, 5.41) is 27.7. The van der Waals surface area contributed by atoms with Gasteiger partial charge in [0.2, 0.25) is 0 Å². The standard InChI is InChI=1S/C15H23NO2.C2H2O4/c1-11(2)7-8-16-10-14-6-4-12-3-5-13(17)9-15(12)18-14;3-1(4)2(5)6/h3,5,9,11,14,16-17H,4,6-8,10H2,1-2H3;(H,3,4)(H,5,6). The highest BCUT2D eigenvalue weighted by Gasteiger charge is 2.19. The predicted molar refractivity (Wildman–Crippen MR) is 88.4 cm³/mol. The van der Waals surface area contributed by atoms with Crippen LogP contribution < -0.4 is 10.1 Å². The van der Waals surface area contributed by atoms with Gasteiger partial charge in [-0.05, 0) is 43.4 Å². The van der Waals surface area contributed by atoms with Gasteiger partial charge in [-0.25, -0.2) is 9.59 Å². The van der Waals surface area contributed by atoms with Crippen LogP contribution in [0.2, 0.25) is 0 Å². The fourth-order valence-corrected chi connectivity index (χ4v) is 2.21. The molecule has 7 nitrogen and oxygen atoms in total. The fourth-order valence-electron chi connectivity index (χ4n) is 2.21. The average molecular weight is 339 g/mol. The van der Waals surface area contributed by atoms with E-state index in [-0.39, 0.29) is 11.9 Å². The van der Waals surface area contributed by atoms with Gasteiger partial charge in [-0.3, -0.25) is 0 Å². The van der Waals surface area contributed by atoms with Crippen LogP contribution in [-0.4, -0.2) is 46.5 Å². The Hall–Kier alpha value is -2.28. The number of aromatic hydroxyl groups is 1. The molecule has 4 N–H and O–H groups in total. The van der Waals surface area contributed by atoms with Gasteiger partial charge in [0.05, 0.1) is 0 Å². The van der Waals surface area contributed by atoms with Crippen LogP contribution in [0.1, 0.15) is 32.3 Å². The van der Waals surface area contributed by atoms with Gasteiger partial charge in [-0.15, -0.1) is 0 Å². The van der Waals surface area contributed by atoms with Gasteiger partial charge in [0.25, 0.3) is 0 Å². The number of phenols is 1. The maximum absolute atomic E-state index is 9.45. The Morgan fingerprint density at radius 1 is 1.29 bits per heavy atom. The topological polar surface area (TPSA) is 116 Å². The molecule has 0 bridgehead atoms. The predicted octanol–water partition coefficient (Wildman–Crippen LogP) is 1.88. The summed E-state index contributed by atoms with van der Waals surface area (Å²) in [5.74, 6) is -1.79. The number of hydrogen-bond acceptors (Lipinski definition) is 5. The van der Waals surface area contributed by atoms with Gasteiger partial charge >= 0.3 is 11.9 Å². The highest BCUT2D eigenvalue weighted by atomic mass is 16.5. The summed E-state index contributed by atoms with van der Waals surface area (Å²) < 4.78 is 5.90. The number of benzene rings is 1. The molecule has 1 atom stereocenters. The van der Waals surface area contributed by atoms with Crippen LogP contribution in [-0.2, 0) is 16.0 Å². The number of aliphatic carboxylic acids is 2. The fraction of sp³-hybridized carbons (Fsp3) is 0.529. The molecule has 7 heteroatoms. The van der Waals surface area contributed by atoms with E-state index in [9.17, 15) is 5.11 Å². The Kier molecular flexibility index (Phi) is 8.05. The first kappa shape index (κ1) is 19.8. The second-order valence-electron chi connectivity index (χ2n) is 6.07. The molecular formula is C17H25NO6. The lowest BCUT2D eigenvalue weighted by atomic mass is 10.0.